The van der Waals surface area contributed by atoms with Gasteiger partial charge in [0.05, 0.1) is 6.04 Å². The second kappa shape index (κ2) is 10.1. The third kappa shape index (κ3) is 5.59. The van der Waals surface area contributed by atoms with Gasteiger partial charge in [0.15, 0.2) is 5.69 Å². The molecule has 4 rings (SSSR count). The topological polar surface area (TPSA) is 68.2 Å². The van der Waals surface area contributed by atoms with E-state index in [1.165, 1.54) is 0 Å². The predicted molar refractivity (Wildman–Crippen MR) is 116 cm³/mol. The highest BCUT2D eigenvalue weighted by Crippen LogP contribution is 2.17. The second-order valence-electron chi connectivity index (χ2n) is 6.93. The lowest BCUT2D eigenvalue weighted by Gasteiger charge is -2.22. The minimum Gasteiger partial charge on any atom is -0.489 e. The Hall–Kier alpha value is -2.83. The molecule has 2 N–H and O–H groups in total. The molecule has 152 valence electrons. The van der Waals surface area contributed by atoms with E-state index in [1.54, 1.807) is 6.07 Å². The average molecular weight is 413 g/mol. The van der Waals surface area contributed by atoms with Gasteiger partial charge < -0.3 is 15.4 Å². The smallest absolute Gasteiger partial charge is 0.276 e. The van der Waals surface area contributed by atoms with Crippen LogP contribution in [0, 0.1) is 0 Å². The molecule has 1 aliphatic heterocycles. The Kier molecular flexibility index (Phi) is 7.27. The number of carbonyl (C=O) groups is 1. The zero-order valence-corrected chi connectivity index (χ0v) is 16.9. The third-order valence-electron chi connectivity index (χ3n) is 4.85. The minimum atomic E-state index is -0.198. The quantitative estimate of drug-likeness (QED) is 0.640. The molecule has 1 saturated heterocycles. The van der Waals surface area contributed by atoms with E-state index in [4.69, 9.17) is 4.74 Å². The molecule has 1 fully saturated rings. The predicted octanol–water partition coefficient (Wildman–Crippen LogP) is 4.06. The van der Waals surface area contributed by atoms with Crippen LogP contribution < -0.4 is 15.4 Å². The number of para-hydroxylation sites is 1. The first-order chi connectivity index (χ1) is 13.8. The van der Waals surface area contributed by atoms with Crippen LogP contribution in [0.15, 0.2) is 66.9 Å². The number of piperidine rings is 1. The molecule has 3 aromatic rings. The van der Waals surface area contributed by atoms with Crippen LogP contribution in [0.5, 0.6) is 5.75 Å². The Labute approximate surface area is 176 Å². The zero-order valence-electron chi connectivity index (χ0n) is 16.1. The lowest BCUT2D eigenvalue weighted by atomic mass is 10.1. The van der Waals surface area contributed by atoms with Crippen LogP contribution in [0.25, 0.3) is 0 Å². The standard InChI is InChI=1S/C22H24N4O2.ClH/c27-22(21-12-14-26(25-21)19-5-4-13-23-15-19)24-18-10-8-17(9-11-18)16-28-20-6-2-1-3-7-20;/h1-3,6-12,14,19,23H,4-5,13,15-16H2,(H,24,27);1H. The van der Waals surface area contributed by atoms with E-state index in [9.17, 15) is 4.79 Å². The summed E-state index contributed by atoms with van der Waals surface area (Å²) in [6.07, 6.45) is 4.10. The van der Waals surface area contributed by atoms with Crippen molar-refractivity contribution in [1.82, 2.24) is 15.1 Å². The molecule has 29 heavy (non-hydrogen) atoms. The fourth-order valence-electron chi connectivity index (χ4n) is 3.28. The molecule has 7 heteroatoms. The molecule has 0 aliphatic carbocycles. The highest BCUT2D eigenvalue weighted by Gasteiger charge is 2.17. The van der Waals surface area contributed by atoms with E-state index in [1.807, 2.05) is 65.5 Å². The van der Waals surface area contributed by atoms with Crippen LogP contribution in [0.3, 0.4) is 0 Å². The summed E-state index contributed by atoms with van der Waals surface area (Å²) in [5, 5.41) is 10.7. The maximum Gasteiger partial charge on any atom is 0.276 e. The maximum absolute atomic E-state index is 12.5. The zero-order chi connectivity index (χ0) is 19.2. The normalized spacial score (nSPS) is 15.9. The van der Waals surface area contributed by atoms with Gasteiger partial charge in [-0.3, -0.25) is 9.48 Å². The molecule has 0 spiro atoms. The van der Waals surface area contributed by atoms with Gasteiger partial charge in [-0.2, -0.15) is 5.10 Å². The van der Waals surface area contributed by atoms with Gasteiger partial charge in [-0.15, -0.1) is 12.4 Å². The second-order valence-corrected chi connectivity index (χ2v) is 6.93. The number of ether oxygens (including phenoxy) is 1. The van der Waals surface area contributed by atoms with Gasteiger partial charge in [0, 0.05) is 18.4 Å². The minimum absolute atomic E-state index is 0. The summed E-state index contributed by atoms with van der Waals surface area (Å²) >= 11 is 0. The monoisotopic (exact) mass is 412 g/mol. The van der Waals surface area contributed by atoms with E-state index in [0.717, 1.165) is 42.9 Å². The summed E-state index contributed by atoms with van der Waals surface area (Å²) in [6, 6.07) is 19.4. The lowest BCUT2D eigenvalue weighted by Crippen LogP contribution is -2.32. The van der Waals surface area contributed by atoms with Crippen LogP contribution in [0.4, 0.5) is 5.69 Å². The first kappa shape index (κ1) is 20.9. The third-order valence-corrected chi connectivity index (χ3v) is 4.85. The number of hydrogen-bond acceptors (Lipinski definition) is 4. The first-order valence-corrected chi connectivity index (χ1v) is 9.62. The van der Waals surface area contributed by atoms with Crippen molar-refractivity contribution in [3.05, 3.63) is 78.1 Å². The summed E-state index contributed by atoms with van der Waals surface area (Å²) in [5.41, 5.74) is 2.21. The summed E-state index contributed by atoms with van der Waals surface area (Å²) in [4.78, 5) is 12.5. The molecule has 0 radical (unpaired) electrons. The fraction of sp³-hybridized carbons (Fsp3) is 0.273. The van der Waals surface area contributed by atoms with Crippen molar-refractivity contribution in [2.75, 3.05) is 18.4 Å². The Balaban J connectivity index is 0.00000240. The molecule has 2 heterocycles. The van der Waals surface area contributed by atoms with Gasteiger partial charge in [0.25, 0.3) is 5.91 Å². The van der Waals surface area contributed by atoms with E-state index in [2.05, 4.69) is 15.7 Å². The van der Waals surface area contributed by atoms with E-state index in [0.29, 0.717) is 18.3 Å². The number of nitrogens with one attached hydrogen (secondary N) is 2. The maximum atomic E-state index is 12.5. The number of amides is 1. The molecular formula is C22H25ClN4O2. The highest BCUT2D eigenvalue weighted by atomic mass is 35.5. The van der Waals surface area contributed by atoms with Crippen molar-refractivity contribution in [3.8, 4) is 5.75 Å². The van der Waals surface area contributed by atoms with Crippen LogP contribution >= 0.6 is 12.4 Å². The lowest BCUT2D eigenvalue weighted by molar-refractivity contribution is 0.102. The van der Waals surface area contributed by atoms with Crippen LogP contribution in [-0.4, -0.2) is 28.8 Å². The Bertz CT molecular complexity index is 906. The van der Waals surface area contributed by atoms with Gasteiger partial charge >= 0.3 is 0 Å². The van der Waals surface area contributed by atoms with Crippen molar-refractivity contribution in [1.29, 1.82) is 0 Å². The molecule has 1 aromatic heterocycles. The van der Waals surface area contributed by atoms with Crippen molar-refractivity contribution in [3.63, 3.8) is 0 Å². The Morgan fingerprint density at radius 3 is 2.66 bits per heavy atom. The molecule has 2 aromatic carbocycles. The fourth-order valence-corrected chi connectivity index (χ4v) is 3.28. The van der Waals surface area contributed by atoms with Crippen molar-refractivity contribution >= 4 is 24.0 Å². The number of rotatable bonds is 6. The van der Waals surface area contributed by atoms with Crippen molar-refractivity contribution < 1.29 is 9.53 Å². The summed E-state index contributed by atoms with van der Waals surface area (Å²) in [6.45, 7) is 2.44. The number of nitrogens with zero attached hydrogens (tertiary/aromatic N) is 2. The summed E-state index contributed by atoms with van der Waals surface area (Å²) in [5.74, 6) is 0.638. The van der Waals surface area contributed by atoms with E-state index in [-0.39, 0.29) is 18.3 Å². The van der Waals surface area contributed by atoms with Crippen molar-refractivity contribution in [2.45, 2.75) is 25.5 Å². The molecule has 0 saturated carbocycles. The summed E-state index contributed by atoms with van der Waals surface area (Å²) < 4.78 is 7.63. The van der Waals surface area contributed by atoms with Gasteiger partial charge in [0.2, 0.25) is 0 Å². The molecule has 1 aliphatic rings. The van der Waals surface area contributed by atoms with Gasteiger partial charge in [-0.05, 0) is 55.3 Å². The Morgan fingerprint density at radius 2 is 1.93 bits per heavy atom. The molecule has 1 unspecified atom stereocenters. The van der Waals surface area contributed by atoms with Gasteiger partial charge in [-0.25, -0.2) is 0 Å². The number of carbonyl (C=O) groups excluding carboxylic acids is 1. The van der Waals surface area contributed by atoms with E-state index < -0.39 is 0 Å². The van der Waals surface area contributed by atoms with Gasteiger partial charge in [0.1, 0.15) is 12.4 Å². The number of anilines is 1. The number of hydrogen-bond donors (Lipinski definition) is 2. The van der Waals surface area contributed by atoms with Crippen molar-refractivity contribution in [2.24, 2.45) is 0 Å². The molecule has 1 atom stereocenters. The molecule has 1 amide bonds. The number of halogens is 1. The molecule has 6 nitrogen and oxygen atoms in total. The molecule has 0 bridgehead atoms. The number of benzene rings is 2. The SMILES string of the molecule is Cl.O=C(Nc1ccc(COc2ccccc2)cc1)c1ccn(C2CCCNC2)n1. The number of aromatic nitrogens is 2. The highest BCUT2D eigenvalue weighted by molar-refractivity contribution is 6.02. The van der Waals surface area contributed by atoms with Crippen LogP contribution in [0.1, 0.15) is 34.9 Å². The molecular weight excluding hydrogens is 388 g/mol. The van der Waals surface area contributed by atoms with Crippen LogP contribution in [-0.2, 0) is 6.61 Å². The van der Waals surface area contributed by atoms with E-state index >= 15 is 0 Å². The van der Waals surface area contributed by atoms with Crippen LogP contribution in [0.2, 0.25) is 0 Å². The summed E-state index contributed by atoms with van der Waals surface area (Å²) in [7, 11) is 0. The average Bonchev–Trinajstić information content (AvgIpc) is 3.25. The largest absolute Gasteiger partial charge is 0.489 e. The van der Waals surface area contributed by atoms with Gasteiger partial charge in [-0.1, -0.05) is 30.3 Å². The first-order valence-electron chi connectivity index (χ1n) is 9.62. The Morgan fingerprint density at radius 1 is 1.14 bits per heavy atom.